The van der Waals surface area contributed by atoms with Gasteiger partial charge in [0.15, 0.2) is 10.8 Å². The Labute approximate surface area is 177 Å². The standard InChI is InChI=1S/C21H23N3O5S/c1-4-29-21(28)23-17-11-30-19(22-17)16(25)9-14-18(26)13-7-5-6-8-15(13)24(20(14)27)10-12(2)3/h5-8,11-12,26H,4,9-10H2,1-3H3,(H,23,28). The van der Waals surface area contributed by atoms with Gasteiger partial charge in [-0.05, 0) is 25.0 Å². The van der Waals surface area contributed by atoms with Crippen molar-refractivity contribution in [1.82, 2.24) is 9.55 Å². The van der Waals surface area contributed by atoms with E-state index in [0.717, 1.165) is 11.3 Å². The number of carbonyl (C=O) groups excluding carboxylic acids is 2. The maximum absolute atomic E-state index is 13.1. The number of amides is 1. The summed E-state index contributed by atoms with van der Waals surface area (Å²) in [4.78, 5) is 41.4. The Morgan fingerprint density at radius 1 is 1.30 bits per heavy atom. The van der Waals surface area contributed by atoms with Gasteiger partial charge in [-0.3, -0.25) is 14.9 Å². The van der Waals surface area contributed by atoms with Crippen molar-refractivity contribution >= 4 is 39.9 Å². The van der Waals surface area contributed by atoms with Crippen molar-refractivity contribution in [3.05, 3.63) is 50.6 Å². The predicted molar refractivity (Wildman–Crippen MR) is 116 cm³/mol. The number of carbonyl (C=O) groups is 2. The molecule has 0 fully saturated rings. The molecule has 2 aromatic heterocycles. The lowest BCUT2D eigenvalue weighted by atomic mass is 10.0. The van der Waals surface area contributed by atoms with Crippen LogP contribution in [0.25, 0.3) is 10.9 Å². The number of fused-ring (bicyclic) bond motifs is 1. The van der Waals surface area contributed by atoms with Crippen LogP contribution in [-0.2, 0) is 17.7 Å². The molecule has 3 aromatic rings. The number of nitrogens with zero attached hydrogens (tertiary/aromatic N) is 2. The molecule has 0 saturated carbocycles. The highest BCUT2D eigenvalue weighted by molar-refractivity contribution is 7.12. The zero-order valence-corrected chi connectivity index (χ0v) is 17.8. The third-order valence-electron chi connectivity index (χ3n) is 4.37. The lowest BCUT2D eigenvalue weighted by Gasteiger charge is -2.16. The molecule has 0 saturated heterocycles. The van der Waals surface area contributed by atoms with E-state index in [1.165, 1.54) is 5.38 Å². The van der Waals surface area contributed by atoms with Crippen LogP contribution in [0.3, 0.4) is 0 Å². The average molecular weight is 429 g/mol. The molecular weight excluding hydrogens is 406 g/mol. The Morgan fingerprint density at radius 3 is 2.73 bits per heavy atom. The quantitative estimate of drug-likeness (QED) is 0.553. The molecule has 0 aliphatic heterocycles. The van der Waals surface area contributed by atoms with Gasteiger partial charge < -0.3 is 14.4 Å². The molecule has 0 aliphatic carbocycles. The zero-order chi connectivity index (χ0) is 21.8. The number of para-hydroxylation sites is 1. The molecule has 0 unspecified atom stereocenters. The SMILES string of the molecule is CCOC(=O)Nc1csc(C(=O)Cc2c(O)c3ccccc3n(CC(C)C)c2=O)n1. The van der Waals surface area contributed by atoms with Gasteiger partial charge in [0, 0.05) is 23.7 Å². The summed E-state index contributed by atoms with van der Waals surface area (Å²) >= 11 is 1.05. The van der Waals surface area contributed by atoms with Gasteiger partial charge in [-0.2, -0.15) is 0 Å². The Morgan fingerprint density at radius 2 is 2.03 bits per heavy atom. The largest absolute Gasteiger partial charge is 0.507 e. The zero-order valence-electron chi connectivity index (χ0n) is 17.0. The normalized spacial score (nSPS) is 11.1. The first-order valence-electron chi connectivity index (χ1n) is 9.57. The predicted octanol–water partition coefficient (Wildman–Crippen LogP) is 3.81. The first kappa shape index (κ1) is 21.5. The van der Waals surface area contributed by atoms with E-state index in [2.05, 4.69) is 10.3 Å². The molecule has 2 N–H and O–H groups in total. The van der Waals surface area contributed by atoms with Crippen molar-refractivity contribution in [3.8, 4) is 5.75 Å². The summed E-state index contributed by atoms with van der Waals surface area (Å²) < 4.78 is 6.38. The Hall–Kier alpha value is -3.20. The Bertz CT molecular complexity index is 1150. The molecule has 2 heterocycles. The minimum Gasteiger partial charge on any atom is -0.507 e. The van der Waals surface area contributed by atoms with E-state index in [1.807, 2.05) is 13.8 Å². The molecule has 0 bridgehead atoms. The van der Waals surface area contributed by atoms with E-state index in [9.17, 15) is 19.5 Å². The number of nitrogens with one attached hydrogen (secondary N) is 1. The summed E-state index contributed by atoms with van der Waals surface area (Å²) in [5, 5.41) is 15.3. The van der Waals surface area contributed by atoms with E-state index in [-0.39, 0.29) is 41.1 Å². The molecule has 8 nitrogen and oxygen atoms in total. The second-order valence-corrected chi connectivity index (χ2v) is 8.00. The van der Waals surface area contributed by atoms with Crippen molar-refractivity contribution in [2.24, 2.45) is 5.92 Å². The third kappa shape index (κ3) is 4.51. The van der Waals surface area contributed by atoms with E-state index >= 15 is 0 Å². The molecule has 9 heteroatoms. The Balaban J connectivity index is 1.94. The van der Waals surface area contributed by atoms with Crippen LogP contribution in [0.1, 0.15) is 36.1 Å². The van der Waals surface area contributed by atoms with Gasteiger partial charge in [0.1, 0.15) is 11.6 Å². The summed E-state index contributed by atoms with van der Waals surface area (Å²) in [6, 6.07) is 7.07. The number of ether oxygens (including phenoxy) is 1. The van der Waals surface area contributed by atoms with Crippen LogP contribution in [0.5, 0.6) is 5.75 Å². The molecule has 1 aromatic carbocycles. The molecule has 158 valence electrons. The average Bonchev–Trinajstić information content (AvgIpc) is 3.17. The fourth-order valence-corrected chi connectivity index (χ4v) is 3.81. The van der Waals surface area contributed by atoms with Crippen molar-refractivity contribution in [2.45, 2.75) is 33.7 Å². The maximum atomic E-state index is 13.1. The highest BCUT2D eigenvalue weighted by Gasteiger charge is 2.21. The van der Waals surface area contributed by atoms with Crippen LogP contribution in [0.15, 0.2) is 34.4 Å². The lowest BCUT2D eigenvalue weighted by molar-refractivity contribution is 0.0991. The number of pyridine rings is 1. The molecular formula is C21H23N3O5S. The van der Waals surface area contributed by atoms with Gasteiger partial charge in [-0.25, -0.2) is 9.78 Å². The lowest BCUT2D eigenvalue weighted by Crippen LogP contribution is -2.27. The van der Waals surface area contributed by atoms with Crippen LogP contribution in [0, 0.1) is 5.92 Å². The van der Waals surface area contributed by atoms with Crippen LogP contribution >= 0.6 is 11.3 Å². The topological polar surface area (TPSA) is 111 Å². The number of aromatic hydroxyl groups is 1. The fourth-order valence-electron chi connectivity index (χ4n) is 3.12. The van der Waals surface area contributed by atoms with Gasteiger partial charge in [0.05, 0.1) is 17.7 Å². The first-order valence-corrected chi connectivity index (χ1v) is 10.5. The van der Waals surface area contributed by atoms with E-state index in [4.69, 9.17) is 4.74 Å². The summed E-state index contributed by atoms with van der Waals surface area (Å²) in [5.41, 5.74) is 0.268. The molecule has 30 heavy (non-hydrogen) atoms. The summed E-state index contributed by atoms with van der Waals surface area (Å²) in [6.45, 7) is 6.34. The summed E-state index contributed by atoms with van der Waals surface area (Å²) in [5.74, 6) is -0.211. The van der Waals surface area contributed by atoms with Crippen molar-refractivity contribution in [1.29, 1.82) is 0 Å². The van der Waals surface area contributed by atoms with Gasteiger partial charge in [0.25, 0.3) is 5.56 Å². The van der Waals surface area contributed by atoms with E-state index in [1.54, 1.807) is 35.8 Å². The Kier molecular flexibility index (Phi) is 6.51. The first-order chi connectivity index (χ1) is 14.3. The van der Waals surface area contributed by atoms with Gasteiger partial charge in [-0.1, -0.05) is 26.0 Å². The highest BCUT2D eigenvalue weighted by atomic mass is 32.1. The van der Waals surface area contributed by atoms with Gasteiger partial charge >= 0.3 is 6.09 Å². The molecule has 0 aliphatic rings. The van der Waals surface area contributed by atoms with Gasteiger partial charge in [-0.15, -0.1) is 11.3 Å². The molecule has 1 amide bonds. The van der Waals surface area contributed by atoms with Crippen molar-refractivity contribution < 1.29 is 19.4 Å². The minimum absolute atomic E-state index is 0.0365. The second-order valence-electron chi connectivity index (χ2n) is 7.14. The molecule has 0 spiro atoms. The summed E-state index contributed by atoms with van der Waals surface area (Å²) in [6.07, 6.45) is -0.953. The van der Waals surface area contributed by atoms with Crippen molar-refractivity contribution in [3.63, 3.8) is 0 Å². The van der Waals surface area contributed by atoms with Crippen LogP contribution in [0.2, 0.25) is 0 Å². The number of thiazole rings is 1. The highest BCUT2D eigenvalue weighted by Crippen LogP contribution is 2.28. The van der Waals surface area contributed by atoms with E-state index in [0.29, 0.717) is 17.4 Å². The third-order valence-corrected chi connectivity index (χ3v) is 5.26. The van der Waals surface area contributed by atoms with Crippen LogP contribution in [0.4, 0.5) is 10.6 Å². The monoisotopic (exact) mass is 429 g/mol. The number of benzene rings is 1. The number of rotatable bonds is 7. The maximum Gasteiger partial charge on any atom is 0.412 e. The number of hydrogen-bond acceptors (Lipinski definition) is 7. The number of anilines is 1. The molecule has 0 atom stereocenters. The number of Topliss-reactive ketones (excluding diaryl/α,β-unsaturated/α-hetero) is 1. The smallest absolute Gasteiger partial charge is 0.412 e. The van der Waals surface area contributed by atoms with E-state index < -0.39 is 17.4 Å². The number of ketones is 1. The van der Waals surface area contributed by atoms with Gasteiger partial charge in [0.2, 0.25) is 0 Å². The molecule has 3 rings (SSSR count). The fraction of sp³-hybridized carbons (Fsp3) is 0.333. The molecule has 0 radical (unpaired) electrons. The minimum atomic E-state index is -0.662. The number of hydrogen-bond donors (Lipinski definition) is 2. The van der Waals surface area contributed by atoms with Crippen molar-refractivity contribution in [2.75, 3.05) is 11.9 Å². The second kappa shape index (κ2) is 9.08. The van der Waals surface area contributed by atoms with Crippen LogP contribution < -0.4 is 10.9 Å². The number of aromatic nitrogens is 2. The van der Waals surface area contributed by atoms with Crippen LogP contribution in [-0.4, -0.2) is 33.1 Å². The summed E-state index contributed by atoms with van der Waals surface area (Å²) in [7, 11) is 0.